The molecule has 0 aliphatic rings. The van der Waals surface area contributed by atoms with Gasteiger partial charge in [0.15, 0.2) is 0 Å². The molecule has 3 rings (SSSR count). The van der Waals surface area contributed by atoms with E-state index in [9.17, 15) is 4.79 Å². The number of carbonyl (C=O) groups is 1. The lowest BCUT2D eigenvalue weighted by atomic mass is 10.2. The van der Waals surface area contributed by atoms with Crippen molar-refractivity contribution in [2.24, 2.45) is 0 Å². The van der Waals surface area contributed by atoms with Crippen LogP contribution in [0.3, 0.4) is 0 Å². The Morgan fingerprint density at radius 1 is 1.25 bits per heavy atom. The molecule has 2 aromatic heterocycles. The lowest BCUT2D eigenvalue weighted by Gasteiger charge is -2.05. The SMILES string of the molecule is CC(C)OC(=O)c1ccc(-c2n[nH]c3ccccc23)s1. The summed E-state index contributed by atoms with van der Waals surface area (Å²) in [6, 6.07) is 11.6. The number of carbonyl (C=O) groups excluding carboxylic acids is 1. The first-order chi connectivity index (χ1) is 9.65. The number of esters is 1. The summed E-state index contributed by atoms with van der Waals surface area (Å²) in [5.41, 5.74) is 1.86. The average Bonchev–Trinajstić information content (AvgIpc) is 3.04. The van der Waals surface area contributed by atoms with Crippen LogP contribution in [0.1, 0.15) is 23.5 Å². The summed E-state index contributed by atoms with van der Waals surface area (Å²) in [5.74, 6) is -0.281. The van der Waals surface area contributed by atoms with E-state index in [1.807, 2.05) is 44.2 Å². The summed E-state index contributed by atoms with van der Waals surface area (Å²) in [6.45, 7) is 3.68. The van der Waals surface area contributed by atoms with Crippen molar-refractivity contribution in [2.45, 2.75) is 20.0 Å². The highest BCUT2D eigenvalue weighted by molar-refractivity contribution is 7.17. The Bertz CT molecular complexity index is 758. The van der Waals surface area contributed by atoms with E-state index in [0.29, 0.717) is 4.88 Å². The van der Waals surface area contributed by atoms with Crippen LogP contribution in [0.4, 0.5) is 0 Å². The van der Waals surface area contributed by atoms with Crippen molar-refractivity contribution in [1.29, 1.82) is 0 Å². The van der Waals surface area contributed by atoms with Crippen molar-refractivity contribution in [1.82, 2.24) is 10.2 Å². The Kier molecular flexibility index (Phi) is 3.28. The fraction of sp³-hybridized carbons (Fsp3) is 0.200. The van der Waals surface area contributed by atoms with Gasteiger partial charge in [0.05, 0.1) is 16.5 Å². The van der Waals surface area contributed by atoms with E-state index in [0.717, 1.165) is 21.5 Å². The lowest BCUT2D eigenvalue weighted by Crippen LogP contribution is -2.09. The zero-order chi connectivity index (χ0) is 14.1. The van der Waals surface area contributed by atoms with Crippen molar-refractivity contribution in [3.8, 4) is 10.6 Å². The van der Waals surface area contributed by atoms with E-state index >= 15 is 0 Å². The zero-order valence-electron chi connectivity index (χ0n) is 11.2. The largest absolute Gasteiger partial charge is 0.459 e. The zero-order valence-corrected chi connectivity index (χ0v) is 12.0. The molecule has 1 N–H and O–H groups in total. The molecule has 1 aromatic carbocycles. The van der Waals surface area contributed by atoms with Crippen LogP contribution in [0.15, 0.2) is 36.4 Å². The van der Waals surface area contributed by atoms with Gasteiger partial charge < -0.3 is 4.74 Å². The molecule has 2 heterocycles. The fourth-order valence-corrected chi connectivity index (χ4v) is 2.89. The molecule has 0 aliphatic heterocycles. The fourth-order valence-electron chi connectivity index (χ4n) is 2.00. The van der Waals surface area contributed by atoms with Gasteiger partial charge in [-0.2, -0.15) is 5.10 Å². The van der Waals surface area contributed by atoms with Gasteiger partial charge >= 0.3 is 5.97 Å². The Balaban J connectivity index is 1.96. The summed E-state index contributed by atoms with van der Waals surface area (Å²) in [4.78, 5) is 13.4. The Labute approximate surface area is 120 Å². The normalized spacial score (nSPS) is 11.2. The highest BCUT2D eigenvalue weighted by Crippen LogP contribution is 2.32. The minimum absolute atomic E-state index is 0.112. The molecule has 0 radical (unpaired) electrons. The molecule has 20 heavy (non-hydrogen) atoms. The van der Waals surface area contributed by atoms with Crippen LogP contribution >= 0.6 is 11.3 Å². The third-order valence-electron chi connectivity index (χ3n) is 2.85. The van der Waals surface area contributed by atoms with Crippen molar-refractivity contribution in [3.05, 3.63) is 41.3 Å². The molecule has 0 unspecified atom stereocenters. The first kappa shape index (κ1) is 12.9. The Morgan fingerprint density at radius 3 is 2.85 bits per heavy atom. The molecule has 102 valence electrons. The monoisotopic (exact) mass is 286 g/mol. The predicted molar refractivity (Wildman–Crippen MR) is 80.0 cm³/mol. The molecule has 0 atom stereocenters. The van der Waals surface area contributed by atoms with Crippen LogP contribution in [0.5, 0.6) is 0 Å². The first-order valence-corrected chi connectivity index (χ1v) is 7.21. The van der Waals surface area contributed by atoms with Gasteiger partial charge in [0.25, 0.3) is 0 Å². The predicted octanol–water partition coefficient (Wildman–Crippen LogP) is 3.86. The third kappa shape index (κ3) is 2.32. The number of fused-ring (bicyclic) bond motifs is 1. The van der Waals surface area contributed by atoms with E-state index in [1.165, 1.54) is 11.3 Å². The summed E-state index contributed by atoms with van der Waals surface area (Å²) < 4.78 is 5.20. The molecule has 0 aliphatic carbocycles. The number of benzene rings is 1. The molecule has 3 aromatic rings. The third-order valence-corrected chi connectivity index (χ3v) is 3.93. The van der Waals surface area contributed by atoms with Crippen molar-refractivity contribution in [3.63, 3.8) is 0 Å². The number of para-hydroxylation sites is 1. The highest BCUT2D eigenvalue weighted by atomic mass is 32.1. The van der Waals surface area contributed by atoms with E-state index in [-0.39, 0.29) is 12.1 Å². The maximum Gasteiger partial charge on any atom is 0.348 e. The number of H-pyrrole nitrogens is 1. The number of thiophene rings is 1. The molecule has 0 saturated heterocycles. The summed E-state index contributed by atoms with van der Waals surface area (Å²) in [7, 11) is 0. The quantitative estimate of drug-likeness (QED) is 0.744. The van der Waals surface area contributed by atoms with Crippen molar-refractivity contribution in [2.75, 3.05) is 0 Å². The van der Waals surface area contributed by atoms with Gasteiger partial charge in [-0.25, -0.2) is 4.79 Å². The number of aromatic nitrogens is 2. The number of rotatable bonds is 3. The molecular weight excluding hydrogens is 272 g/mol. The van der Waals surface area contributed by atoms with Gasteiger partial charge in [0, 0.05) is 5.39 Å². The number of hydrogen-bond acceptors (Lipinski definition) is 4. The van der Waals surface area contributed by atoms with E-state index in [4.69, 9.17) is 4.74 Å². The molecule has 0 amide bonds. The maximum absolute atomic E-state index is 11.9. The van der Waals surface area contributed by atoms with Crippen LogP contribution in [0.2, 0.25) is 0 Å². The summed E-state index contributed by atoms with van der Waals surface area (Å²) in [5, 5.41) is 8.38. The molecule has 0 spiro atoms. The molecule has 0 saturated carbocycles. The van der Waals surface area contributed by atoms with E-state index in [2.05, 4.69) is 10.2 Å². The van der Waals surface area contributed by atoms with Crippen LogP contribution in [0, 0.1) is 0 Å². The number of ether oxygens (including phenoxy) is 1. The smallest absolute Gasteiger partial charge is 0.348 e. The van der Waals surface area contributed by atoms with Gasteiger partial charge in [0.1, 0.15) is 10.6 Å². The van der Waals surface area contributed by atoms with E-state index in [1.54, 1.807) is 6.07 Å². The number of nitrogens with one attached hydrogen (secondary N) is 1. The molecule has 4 nitrogen and oxygen atoms in total. The molecule has 0 fully saturated rings. The lowest BCUT2D eigenvalue weighted by molar-refractivity contribution is 0.0384. The van der Waals surface area contributed by atoms with E-state index < -0.39 is 0 Å². The van der Waals surface area contributed by atoms with Crippen LogP contribution in [-0.4, -0.2) is 22.3 Å². The Hall–Kier alpha value is -2.14. The number of nitrogens with zero attached hydrogens (tertiary/aromatic N) is 1. The van der Waals surface area contributed by atoms with Gasteiger partial charge in [0.2, 0.25) is 0 Å². The first-order valence-electron chi connectivity index (χ1n) is 6.39. The van der Waals surface area contributed by atoms with Gasteiger partial charge in [-0.1, -0.05) is 18.2 Å². The maximum atomic E-state index is 11.9. The van der Waals surface area contributed by atoms with Crippen molar-refractivity contribution < 1.29 is 9.53 Å². The minimum Gasteiger partial charge on any atom is -0.459 e. The second-order valence-corrected chi connectivity index (χ2v) is 5.82. The minimum atomic E-state index is -0.281. The summed E-state index contributed by atoms with van der Waals surface area (Å²) >= 11 is 1.40. The Morgan fingerprint density at radius 2 is 2.05 bits per heavy atom. The van der Waals surface area contributed by atoms with Crippen LogP contribution in [0.25, 0.3) is 21.5 Å². The molecule has 0 bridgehead atoms. The van der Waals surface area contributed by atoms with Gasteiger partial charge in [-0.3, -0.25) is 5.10 Å². The second-order valence-electron chi connectivity index (χ2n) is 4.74. The summed E-state index contributed by atoms with van der Waals surface area (Å²) in [6.07, 6.45) is -0.112. The van der Waals surface area contributed by atoms with Crippen LogP contribution in [-0.2, 0) is 4.74 Å². The second kappa shape index (κ2) is 5.09. The topological polar surface area (TPSA) is 55.0 Å². The molecular formula is C15H14N2O2S. The number of hydrogen-bond donors (Lipinski definition) is 1. The number of aromatic amines is 1. The van der Waals surface area contributed by atoms with Gasteiger partial charge in [-0.05, 0) is 32.0 Å². The van der Waals surface area contributed by atoms with Crippen LogP contribution < -0.4 is 0 Å². The van der Waals surface area contributed by atoms with Gasteiger partial charge in [-0.15, -0.1) is 11.3 Å². The highest BCUT2D eigenvalue weighted by Gasteiger charge is 2.15. The van der Waals surface area contributed by atoms with Crippen molar-refractivity contribution >= 4 is 28.2 Å². The standard InChI is InChI=1S/C15H14N2O2S/c1-9(2)19-15(18)13-8-7-12(20-13)14-10-5-3-4-6-11(10)16-17-14/h3-9H,1-2H3,(H,16,17). The average molecular weight is 286 g/mol. The molecule has 5 heteroatoms.